The lowest BCUT2D eigenvalue weighted by Crippen LogP contribution is -1.99. The van der Waals surface area contributed by atoms with E-state index in [1.54, 1.807) is 7.11 Å². The maximum Gasteiger partial charge on any atom is 0.254 e. The van der Waals surface area contributed by atoms with Gasteiger partial charge < -0.3 is 13.9 Å². The number of aryl methyl sites for hydroxylation is 3. The Morgan fingerprint density at radius 1 is 0.958 bits per heavy atom. The standard InChI is InChI=1S/C19H20N2O3/c1-12-9-13(2)18(14(3)10-12)23-11-17-20-21-19(24-17)15-5-7-16(22-4)8-6-15/h5-10H,11H2,1-4H3. The molecule has 0 atom stereocenters. The van der Waals surface area contributed by atoms with Crippen molar-refractivity contribution in [1.82, 2.24) is 10.2 Å². The first kappa shape index (κ1) is 16.1. The summed E-state index contributed by atoms with van der Waals surface area (Å²) in [7, 11) is 1.63. The molecule has 5 nitrogen and oxygen atoms in total. The molecule has 124 valence electrons. The molecule has 0 amide bonds. The van der Waals surface area contributed by atoms with Gasteiger partial charge in [-0.2, -0.15) is 0 Å². The average molecular weight is 324 g/mol. The van der Waals surface area contributed by atoms with Gasteiger partial charge in [-0.1, -0.05) is 17.7 Å². The second kappa shape index (κ2) is 6.74. The summed E-state index contributed by atoms with van der Waals surface area (Å²) in [6, 6.07) is 11.7. The summed E-state index contributed by atoms with van der Waals surface area (Å²) in [5, 5.41) is 8.13. The van der Waals surface area contributed by atoms with E-state index in [1.165, 1.54) is 5.56 Å². The molecular weight excluding hydrogens is 304 g/mol. The van der Waals surface area contributed by atoms with Gasteiger partial charge in [-0.3, -0.25) is 0 Å². The third kappa shape index (κ3) is 3.40. The third-order valence-corrected chi connectivity index (χ3v) is 3.75. The number of methoxy groups -OCH3 is 1. The van der Waals surface area contributed by atoms with Crippen LogP contribution >= 0.6 is 0 Å². The summed E-state index contributed by atoms with van der Waals surface area (Å²) >= 11 is 0. The van der Waals surface area contributed by atoms with Crippen LogP contribution in [0.2, 0.25) is 0 Å². The number of benzene rings is 2. The van der Waals surface area contributed by atoms with Gasteiger partial charge in [0.25, 0.3) is 5.89 Å². The summed E-state index contributed by atoms with van der Waals surface area (Å²) in [6.45, 7) is 6.38. The van der Waals surface area contributed by atoms with E-state index in [2.05, 4.69) is 29.3 Å². The van der Waals surface area contributed by atoms with Gasteiger partial charge in [0.2, 0.25) is 5.89 Å². The molecule has 24 heavy (non-hydrogen) atoms. The highest BCUT2D eigenvalue weighted by Gasteiger charge is 2.11. The summed E-state index contributed by atoms with van der Waals surface area (Å²) < 4.78 is 16.7. The Labute approximate surface area is 141 Å². The van der Waals surface area contributed by atoms with Crippen LogP contribution in [0, 0.1) is 20.8 Å². The van der Waals surface area contributed by atoms with Crippen LogP contribution in [0.25, 0.3) is 11.5 Å². The highest BCUT2D eigenvalue weighted by molar-refractivity contribution is 5.54. The van der Waals surface area contributed by atoms with E-state index in [0.29, 0.717) is 11.8 Å². The molecule has 5 heteroatoms. The normalized spacial score (nSPS) is 10.7. The van der Waals surface area contributed by atoms with Crippen molar-refractivity contribution in [3.63, 3.8) is 0 Å². The van der Waals surface area contributed by atoms with Crippen LogP contribution in [0.1, 0.15) is 22.6 Å². The molecule has 0 N–H and O–H groups in total. The molecular formula is C19H20N2O3. The molecule has 1 aromatic heterocycles. The molecule has 0 spiro atoms. The summed E-state index contributed by atoms with van der Waals surface area (Å²) in [4.78, 5) is 0. The van der Waals surface area contributed by atoms with Gasteiger partial charge in [-0.15, -0.1) is 10.2 Å². The minimum Gasteiger partial charge on any atom is -0.497 e. The number of ether oxygens (including phenoxy) is 2. The minimum atomic E-state index is 0.244. The smallest absolute Gasteiger partial charge is 0.254 e. The topological polar surface area (TPSA) is 57.4 Å². The summed E-state index contributed by atoms with van der Waals surface area (Å²) in [5.41, 5.74) is 4.26. The number of hydrogen-bond acceptors (Lipinski definition) is 5. The van der Waals surface area contributed by atoms with Crippen molar-refractivity contribution in [3.8, 4) is 23.0 Å². The van der Waals surface area contributed by atoms with E-state index in [4.69, 9.17) is 13.9 Å². The first-order valence-corrected chi connectivity index (χ1v) is 7.74. The fourth-order valence-corrected chi connectivity index (χ4v) is 2.69. The predicted octanol–water partition coefficient (Wildman–Crippen LogP) is 4.25. The van der Waals surface area contributed by atoms with E-state index in [-0.39, 0.29) is 6.61 Å². The lowest BCUT2D eigenvalue weighted by atomic mass is 10.1. The third-order valence-electron chi connectivity index (χ3n) is 3.75. The minimum absolute atomic E-state index is 0.244. The van der Waals surface area contributed by atoms with Crippen LogP contribution in [-0.2, 0) is 6.61 Å². The Bertz CT molecular complexity index is 815. The highest BCUT2D eigenvalue weighted by atomic mass is 16.5. The van der Waals surface area contributed by atoms with Crippen molar-refractivity contribution < 1.29 is 13.9 Å². The fourth-order valence-electron chi connectivity index (χ4n) is 2.69. The molecule has 2 aromatic carbocycles. The van der Waals surface area contributed by atoms with Crippen molar-refractivity contribution in [2.24, 2.45) is 0 Å². The fraction of sp³-hybridized carbons (Fsp3) is 0.263. The Morgan fingerprint density at radius 2 is 1.62 bits per heavy atom. The molecule has 0 bridgehead atoms. The quantitative estimate of drug-likeness (QED) is 0.702. The monoisotopic (exact) mass is 324 g/mol. The van der Waals surface area contributed by atoms with E-state index in [9.17, 15) is 0 Å². The van der Waals surface area contributed by atoms with Crippen LogP contribution in [-0.4, -0.2) is 17.3 Å². The Hall–Kier alpha value is -2.82. The maximum atomic E-state index is 5.88. The molecule has 0 fully saturated rings. The van der Waals surface area contributed by atoms with Crippen LogP contribution < -0.4 is 9.47 Å². The van der Waals surface area contributed by atoms with E-state index in [0.717, 1.165) is 28.2 Å². The summed E-state index contributed by atoms with van der Waals surface area (Å²) in [6.07, 6.45) is 0. The molecule has 0 aliphatic heterocycles. The number of rotatable bonds is 5. The number of hydrogen-bond donors (Lipinski definition) is 0. The molecule has 0 unspecified atom stereocenters. The lowest BCUT2D eigenvalue weighted by molar-refractivity contribution is 0.261. The van der Waals surface area contributed by atoms with Crippen molar-refractivity contribution in [3.05, 3.63) is 59.0 Å². The van der Waals surface area contributed by atoms with Crippen molar-refractivity contribution in [2.75, 3.05) is 7.11 Å². The summed E-state index contributed by atoms with van der Waals surface area (Å²) in [5.74, 6) is 2.56. The molecule has 1 heterocycles. The molecule has 0 radical (unpaired) electrons. The Balaban J connectivity index is 1.72. The van der Waals surface area contributed by atoms with Gasteiger partial charge >= 0.3 is 0 Å². The second-order valence-corrected chi connectivity index (χ2v) is 5.75. The van der Waals surface area contributed by atoms with Gasteiger partial charge in [0.1, 0.15) is 11.5 Å². The molecule has 3 rings (SSSR count). The molecule has 0 saturated heterocycles. The Morgan fingerprint density at radius 3 is 2.25 bits per heavy atom. The van der Waals surface area contributed by atoms with Gasteiger partial charge in [0, 0.05) is 5.56 Å². The SMILES string of the molecule is COc1ccc(-c2nnc(COc3c(C)cc(C)cc3C)o2)cc1. The zero-order valence-electron chi connectivity index (χ0n) is 14.3. The van der Waals surface area contributed by atoms with E-state index in [1.807, 2.05) is 38.1 Å². The van der Waals surface area contributed by atoms with Gasteiger partial charge in [0.05, 0.1) is 7.11 Å². The maximum absolute atomic E-state index is 5.88. The first-order chi connectivity index (χ1) is 11.6. The lowest BCUT2D eigenvalue weighted by Gasteiger charge is -2.11. The molecule has 0 aliphatic carbocycles. The van der Waals surface area contributed by atoms with E-state index >= 15 is 0 Å². The zero-order valence-corrected chi connectivity index (χ0v) is 14.3. The Kier molecular flexibility index (Phi) is 4.51. The second-order valence-electron chi connectivity index (χ2n) is 5.75. The predicted molar refractivity (Wildman–Crippen MR) is 91.3 cm³/mol. The van der Waals surface area contributed by atoms with Crippen LogP contribution in [0.15, 0.2) is 40.8 Å². The van der Waals surface area contributed by atoms with Gasteiger partial charge in [0.15, 0.2) is 6.61 Å². The van der Waals surface area contributed by atoms with E-state index < -0.39 is 0 Å². The molecule has 0 saturated carbocycles. The molecule has 0 aliphatic rings. The van der Waals surface area contributed by atoms with Crippen molar-refractivity contribution in [2.45, 2.75) is 27.4 Å². The van der Waals surface area contributed by atoms with Gasteiger partial charge in [-0.05, 0) is 56.2 Å². The average Bonchev–Trinajstić information content (AvgIpc) is 3.03. The van der Waals surface area contributed by atoms with Crippen molar-refractivity contribution in [1.29, 1.82) is 0 Å². The number of nitrogens with zero attached hydrogens (tertiary/aromatic N) is 2. The van der Waals surface area contributed by atoms with Crippen molar-refractivity contribution >= 4 is 0 Å². The highest BCUT2D eigenvalue weighted by Crippen LogP contribution is 2.26. The zero-order chi connectivity index (χ0) is 17.1. The van der Waals surface area contributed by atoms with Gasteiger partial charge in [-0.25, -0.2) is 0 Å². The molecule has 3 aromatic rings. The number of aromatic nitrogens is 2. The first-order valence-electron chi connectivity index (χ1n) is 7.74. The largest absolute Gasteiger partial charge is 0.497 e. The van der Waals surface area contributed by atoms with Crippen LogP contribution in [0.5, 0.6) is 11.5 Å². The van der Waals surface area contributed by atoms with Crippen LogP contribution in [0.3, 0.4) is 0 Å². The van der Waals surface area contributed by atoms with Crippen LogP contribution in [0.4, 0.5) is 0 Å².